The summed E-state index contributed by atoms with van der Waals surface area (Å²) in [6.45, 7) is 3.15. The fourth-order valence-corrected chi connectivity index (χ4v) is 2.37. The van der Waals surface area contributed by atoms with Crippen LogP contribution in [0.5, 0.6) is 0 Å². The van der Waals surface area contributed by atoms with Gasteiger partial charge in [0.1, 0.15) is 0 Å². The van der Waals surface area contributed by atoms with Crippen LogP contribution in [0.15, 0.2) is 24.3 Å². The van der Waals surface area contributed by atoms with Crippen molar-refractivity contribution in [1.82, 2.24) is 10.2 Å². The highest BCUT2D eigenvalue weighted by Gasteiger charge is 2.20. The SMILES string of the molecule is CCNC(=O)c1ccc(NC(=O)CN2CCCCC2=O)cc1. The van der Waals surface area contributed by atoms with Crippen molar-refractivity contribution in [3.05, 3.63) is 29.8 Å². The molecule has 1 aromatic rings. The van der Waals surface area contributed by atoms with Gasteiger partial charge in [-0.15, -0.1) is 0 Å². The summed E-state index contributed by atoms with van der Waals surface area (Å²) in [5.41, 5.74) is 1.16. The molecule has 1 fully saturated rings. The van der Waals surface area contributed by atoms with Crippen molar-refractivity contribution in [2.45, 2.75) is 26.2 Å². The quantitative estimate of drug-likeness (QED) is 0.862. The van der Waals surface area contributed by atoms with Crippen LogP contribution in [0.25, 0.3) is 0 Å². The zero-order valence-electron chi connectivity index (χ0n) is 12.7. The third-order valence-electron chi connectivity index (χ3n) is 3.52. The lowest BCUT2D eigenvalue weighted by Gasteiger charge is -2.25. The highest BCUT2D eigenvalue weighted by Crippen LogP contribution is 2.12. The van der Waals surface area contributed by atoms with Gasteiger partial charge in [-0.2, -0.15) is 0 Å². The highest BCUT2D eigenvalue weighted by molar-refractivity contribution is 5.97. The maximum absolute atomic E-state index is 12.0. The van der Waals surface area contributed by atoms with E-state index in [2.05, 4.69) is 10.6 Å². The molecule has 1 aliphatic rings. The van der Waals surface area contributed by atoms with Crippen LogP contribution in [0.2, 0.25) is 0 Å². The van der Waals surface area contributed by atoms with Crippen LogP contribution in [0.1, 0.15) is 36.5 Å². The summed E-state index contributed by atoms with van der Waals surface area (Å²) in [7, 11) is 0. The van der Waals surface area contributed by atoms with Crippen LogP contribution >= 0.6 is 0 Å². The number of nitrogens with one attached hydrogen (secondary N) is 2. The summed E-state index contributed by atoms with van der Waals surface area (Å²) in [4.78, 5) is 36.8. The Balaban J connectivity index is 1.88. The number of carbonyl (C=O) groups excluding carboxylic acids is 3. The molecule has 1 heterocycles. The van der Waals surface area contributed by atoms with E-state index >= 15 is 0 Å². The average Bonchev–Trinajstić information content (AvgIpc) is 2.50. The topological polar surface area (TPSA) is 78.5 Å². The second-order valence-electron chi connectivity index (χ2n) is 5.26. The van der Waals surface area contributed by atoms with Gasteiger partial charge in [0.25, 0.3) is 5.91 Å². The summed E-state index contributed by atoms with van der Waals surface area (Å²) < 4.78 is 0. The van der Waals surface area contributed by atoms with E-state index in [1.165, 1.54) is 0 Å². The van der Waals surface area contributed by atoms with Crippen molar-refractivity contribution in [3.63, 3.8) is 0 Å². The molecule has 0 saturated carbocycles. The van der Waals surface area contributed by atoms with Crippen molar-refractivity contribution in [2.75, 3.05) is 25.0 Å². The van der Waals surface area contributed by atoms with E-state index in [1.807, 2.05) is 6.92 Å². The van der Waals surface area contributed by atoms with Gasteiger partial charge in [-0.3, -0.25) is 14.4 Å². The van der Waals surface area contributed by atoms with Gasteiger partial charge in [0, 0.05) is 30.8 Å². The standard InChI is InChI=1S/C16H21N3O3/c1-2-17-16(22)12-6-8-13(9-7-12)18-14(20)11-19-10-4-3-5-15(19)21/h6-9H,2-5,10-11H2,1H3,(H,17,22)(H,18,20). The Morgan fingerprint density at radius 3 is 2.55 bits per heavy atom. The molecule has 2 N–H and O–H groups in total. The normalized spacial score (nSPS) is 14.6. The molecule has 1 saturated heterocycles. The first-order valence-electron chi connectivity index (χ1n) is 7.56. The molecular formula is C16H21N3O3. The van der Waals surface area contributed by atoms with Crippen LogP contribution in [-0.2, 0) is 9.59 Å². The van der Waals surface area contributed by atoms with E-state index in [-0.39, 0.29) is 24.3 Å². The zero-order chi connectivity index (χ0) is 15.9. The first-order valence-corrected chi connectivity index (χ1v) is 7.56. The number of rotatable bonds is 5. The number of anilines is 1. The average molecular weight is 303 g/mol. The second-order valence-corrected chi connectivity index (χ2v) is 5.26. The molecule has 6 heteroatoms. The summed E-state index contributed by atoms with van der Waals surface area (Å²) in [5, 5.41) is 5.45. The third-order valence-corrected chi connectivity index (χ3v) is 3.52. The molecule has 0 aliphatic carbocycles. The molecule has 0 atom stereocenters. The minimum absolute atomic E-state index is 0.0352. The van der Waals surface area contributed by atoms with Crippen molar-refractivity contribution < 1.29 is 14.4 Å². The minimum atomic E-state index is -0.221. The zero-order valence-corrected chi connectivity index (χ0v) is 12.7. The number of piperidine rings is 1. The van der Waals surface area contributed by atoms with Crippen molar-refractivity contribution >= 4 is 23.4 Å². The molecule has 3 amide bonds. The molecule has 2 rings (SSSR count). The predicted octanol–water partition coefficient (Wildman–Crippen LogP) is 1.39. The highest BCUT2D eigenvalue weighted by atomic mass is 16.2. The summed E-state index contributed by atoms with van der Waals surface area (Å²) in [6, 6.07) is 6.68. The Kier molecular flexibility index (Phi) is 5.52. The fraction of sp³-hybridized carbons (Fsp3) is 0.438. The Bertz CT molecular complexity index is 554. The molecule has 0 bridgehead atoms. The number of hydrogen-bond acceptors (Lipinski definition) is 3. The van der Waals surface area contributed by atoms with Gasteiger partial charge < -0.3 is 15.5 Å². The lowest BCUT2D eigenvalue weighted by atomic mass is 10.1. The third kappa shape index (κ3) is 4.31. The van der Waals surface area contributed by atoms with Gasteiger partial charge in [0.2, 0.25) is 11.8 Å². The number of carbonyl (C=O) groups is 3. The molecule has 22 heavy (non-hydrogen) atoms. The predicted molar refractivity (Wildman–Crippen MR) is 83.5 cm³/mol. The fourth-order valence-electron chi connectivity index (χ4n) is 2.37. The van der Waals surface area contributed by atoms with E-state index in [0.717, 1.165) is 12.8 Å². The van der Waals surface area contributed by atoms with Gasteiger partial charge in [0.15, 0.2) is 0 Å². The van der Waals surface area contributed by atoms with E-state index < -0.39 is 0 Å². The largest absolute Gasteiger partial charge is 0.352 e. The van der Waals surface area contributed by atoms with Crippen LogP contribution in [0.3, 0.4) is 0 Å². The smallest absolute Gasteiger partial charge is 0.251 e. The Morgan fingerprint density at radius 1 is 1.18 bits per heavy atom. The van der Waals surface area contributed by atoms with Crippen molar-refractivity contribution in [1.29, 1.82) is 0 Å². The first kappa shape index (κ1) is 16.0. The molecule has 1 aromatic carbocycles. The molecule has 118 valence electrons. The maximum Gasteiger partial charge on any atom is 0.251 e. The second kappa shape index (κ2) is 7.59. The summed E-state index contributed by atoms with van der Waals surface area (Å²) >= 11 is 0. The number of nitrogens with zero attached hydrogens (tertiary/aromatic N) is 1. The lowest BCUT2D eigenvalue weighted by Crippen LogP contribution is -2.40. The Morgan fingerprint density at radius 2 is 1.91 bits per heavy atom. The van der Waals surface area contributed by atoms with Gasteiger partial charge in [0.05, 0.1) is 6.54 Å². The first-order chi connectivity index (χ1) is 10.6. The number of benzene rings is 1. The Hall–Kier alpha value is -2.37. The van der Waals surface area contributed by atoms with Gasteiger partial charge >= 0.3 is 0 Å². The number of amides is 3. The van der Waals surface area contributed by atoms with Crippen LogP contribution in [0, 0.1) is 0 Å². The van der Waals surface area contributed by atoms with Gasteiger partial charge in [-0.25, -0.2) is 0 Å². The summed E-state index contributed by atoms with van der Waals surface area (Å²) in [6.07, 6.45) is 2.37. The van der Waals surface area contributed by atoms with Gasteiger partial charge in [-0.1, -0.05) is 0 Å². The van der Waals surface area contributed by atoms with E-state index in [9.17, 15) is 14.4 Å². The van der Waals surface area contributed by atoms with Gasteiger partial charge in [-0.05, 0) is 44.0 Å². The molecular weight excluding hydrogens is 282 g/mol. The minimum Gasteiger partial charge on any atom is -0.352 e. The lowest BCUT2D eigenvalue weighted by molar-refractivity contribution is -0.136. The maximum atomic E-state index is 12.0. The molecule has 6 nitrogen and oxygen atoms in total. The van der Waals surface area contributed by atoms with Crippen molar-refractivity contribution in [2.24, 2.45) is 0 Å². The van der Waals surface area contributed by atoms with Crippen molar-refractivity contribution in [3.8, 4) is 0 Å². The molecule has 0 spiro atoms. The van der Waals surface area contributed by atoms with E-state index in [0.29, 0.717) is 30.8 Å². The number of hydrogen-bond donors (Lipinski definition) is 2. The molecule has 1 aliphatic heterocycles. The molecule has 0 unspecified atom stereocenters. The summed E-state index contributed by atoms with van der Waals surface area (Å²) in [5.74, 6) is -0.326. The van der Waals surface area contributed by atoms with E-state index in [1.54, 1.807) is 29.2 Å². The molecule has 0 aromatic heterocycles. The van der Waals surface area contributed by atoms with E-state index in [4.69, 9.17) is 0 Å². The monoisotopic (exact) mass is 303 g/mol. The van der Waals surface area contributed by atoms with Crippen LogP contribution in [-0.4, -0.2) is 42.3 Å². The number of likely N-dealkylation sites (tertiary alicyclic amines) is 1. The van der Waals surface area contributed by atoms with Crippen LogP contribution < -0.4 is 10.6 Å². The molecule has 0 radical (unpaired) electrons. The van der Waals surface area contributed by atoms with Crippen LogP contribution in [0.4, 0.5) is 5.69 Å². The Labute approximate surface area is 129 Å².